The van der Waals surface area contributed by atoms with Gasteiger partial charge in [0.2, 0.25) is 11.7 Å². The van der Waals surface area contributed by atoms with Crippen molar-refractivity contribution in [3.8, 4) is 0 Å². The van der Waals surface area contributed by atoms with Gasteiger partial charge >= 0.3 is 5.97 Å². The lowest BCUT2D eigenvalue weighted by Crippen LogP contribution is -2.69. The van der Waals surface area contributed by atoms with Crippen molar-refractivity contribution < 1.29 is 38.5 Å². The second kappa shape index (κ2) is 8.73. The van der Waals surface area contributed by atoms with Crippen LogP contribution < -0.4 is 5.32 Å². The molecule has 196 valence electrons. The smallest absolute Gasteiger partial charge is 0.325 e. The first kappa shape index (κ1) is 26.4. The van der Waals surface area contributed by atoms with E-state index < -0.39 is 76.8 Å². The molecule has 4 aliphatic rings. The minimum Gasteiger partial charge on any atom is -0.456 e. The van der Waals surface area contributed by atoms with Gasteiger partial charge in [0.25, 0.3) is 0 Å². The van der Waals surface area contributed by atoms with Crippen molar-refractivity contribution in [1.82, 2.24) is 5.32 Å². The van der Waals surface area contributed by atoms with Crippen LogP contribution >= 0.6 is 0 Å². The molecule has 0 saturated heterocycles. The Hall–Kier alpha value is -2.65. The lowest BCUT2D eigenvalue weighted by atomic mass is 9.44. The Labute approximate surface area is 209 Å². The van der Waals surface area contributed by atoms with Crippen LogP contribution in [-0.4, -0.2) is 64.2 Å². The molecule has 8 atom stereocenters. The number of amides is 1. The Morgan fingerprint density at radius 2 is 2.00 bits per heavy atom. The van der Waals surface area contributed by atoms with Gasteiger partial charge in [0.15, 0.2) is 18.1 Å². The van der Waals surface area contributed by atoms with Gasteiger partial charge in [-0.1, -0.05) is 32.1 Å². The van der Waals surface area contributed by atoms with Gasteiger partial charge in [0.1, 0.15) is 12.1 Å². The lowest BCUT2D eigenvalue weighted by Gasteiger charge is -2.62. The number of Topliss-reactive ketones (excluding diaryl/α,β-unsaturated/α-hetero) is 1. The quantitative estimate of drug-likeness (QED) is 0.372. The van der Waals surface area contributed by atoms with Gasteiger partial charge in [-0.05, 0) is 62.7 Å². The van der Waals surface area contributed by atoms with E-state index in [0.717, 1.165) is 6.08 Å². The number of nitrogens with one attached hydrogen (secondary N) is 1. The van der Waals surface area contributed by atoms with E-state index in [2.05, 4.69) is 11.9 Å². The predicted octanol–water partition coefficient (Wildman–Crippen LogP) is 1.75. The minimum atomic E-state index is -2.07. The molecule has 4 aliphatic carbocycles. The van der Waals surface area contributed by atoms with Crippen molar-refractivity contribution in [2.75, 3.05) is 13.2 Å². The molecule has 1 unspecified atom stereocenters. The Bertz CT molecular complexity index is 1080. The number of ether oxygens (including phenoxy) is 1. The van der Waals surface area contributed by atoms with Crippen LogP contribution in [0.15, 0.2) is 36.5 Å². The summed E-state index contributed by atoms with van der Waals surface area (Å²) in [4.78, 5) is 48.5. The van der Waals surface area contributed by atoms with E-state index in [1.54, 1.807) is 26.8 Å². The van der Waals surface area contributed by atoms with E-state index in [0.29, 0.717) is 24.8 Å². The number of hydrogen-bond donors (Lipinski definition) is 3. The Morgan fingerprint density at radius 1 is 1.31 bits per heavy atom. The second-order valence-corrected chi connectivity index (χ2v) is 11.2. The van der Waals surface area contributed by atoms with Crippen molar-refractivity contribution >= 4 is 23.4 Å². The van der Waals surface area contributed by atoms with Crippen LogP contribution in [0.5, 0.6) is 0 Å². The molecule has 0 radical (unpaired) electrons. The highest BCUT2D eigenvalue weighted by Crippen LogP contribution is 2.70. The van der Waals surface area contributed by atoms with Crippen LogP contribution in [-0.2, 0) is 23.9 Å². The Morgan fingerprint density at radius 3 is 2.67 bits per heavy atom. The number of carbonyl (C=O) groups is 4. The molecule has 4 rings (SSSR count). The minimum absolute atomic E-state index is 0.161. The van der Waals surface area contributed by atoms with Crippen molar-refractivity contribution in [2.24, 2.45) is 28.6 Å². The van der Waals surface area contributed by atoms with E-state index >= 15 is 4.39 Å². The van der Waals surface area contributed by atoms with Gasteiger partial charge in [-0.3, -0.25) is 19.2 Å². The van der Waals surface area contributed by atoms with E-state index in [-0.39, 0.29) is 12.2 Å². The summed E-state index contributed by atoms with van der Waals surface area (Å²) in [5.74, 6) is -3.96. The molecule has 3 N–H and O–H groups in total. The highest BCUT2D eigenvalue weighted by atomic mass is 19.1. The van der Waals surface area contributed by atoms with Crippen molar-refractivity contribution in [3.63, 3.8) is 0 Å². The maximum Gasteiger partial charge on any atom is 0.325 e. The Balaban J connectivity index is 1.59. The highest BCUT2D eigenvalue weighted by Gasteiger charge is 2.75. The second-order valence-electron chi connectivity index (χ2n) is 11.2. The Kier molecular flexibility index (Phi) is 6.41. The van der Waals surface area contributed by atoms with Gasteiger partial charge in [0.05, 0.1) is 6.10 Å². The summed E-state index contributed by atoms with van der Waals surface area (Å²) in [6, 6.07) is 0. The number of rotatable bonds is 6. The first-order chi connectivity index (χ1) is 16.8. The third-order valence-corrected chi connectivity index (χ3v) is 9.60. The van der Waals surface area contributed by atoms with Crippen LogP contribution in [0, 0.1) is 28.6 Å². The highest BCUT2D eigenvalue weighted by molar-refractivity contribution is 6.01. The standard InChI is InChI=1S/C27H34FNO7/c1-5-22(33)29-13-23(34)36-14-21(32)27(35)15(2)10-19-18-7-6-16-11-17(30)8-9-24(16,3)26(18,28)20(31)12-25(19,27)4/h5,8-9,11,15,18-20,31,35H,1,6-7,10,12-14H2,2-4H3,(H,29,33)/t15-,18+,19?,20+,24+,25+,26+,27+/m1/s1. The molecule has 3 saturated carbocycles. The number of carbonyl (C=O) groups excluding carboxylic acids is 4. The van der Waals surface area contributed by atoms with E-state index in [1.807, 2.05) is 0 Å². The molecule has 0 aromatic rings. The maximum atomic E-state index is 17.1. The molecule has 0 spiro atoms. The molecule has 3 fully saturated rings. The van der Waals surface area contributed by atoms with E-state index in [4.69, 9.17) is 4.74 Å². The molecular weight excluding hydrogens is 469 g/mol. The molecule has 0 aliphatic heterocycles. The SMILES string of the molecule is C=CC(=O)NCC(=O)OCC(=O)[C@@]1(O)[C@H](C)CC2[C@@H]3CCC4=CC(=O)C=C[C@]4(C)[C@@]3(F)[C@@H](O)C[C@@]21C. The molecular formula is C27H34FNO7. The third-order valence-electron chi connectivity index (χ3n) is 9.60. The number of fused-ring (bicyclic) bond motifs is 5. The maximum absolute atomic E-state index is 17.1. The number of aliphatic hydroxyl groups is 2. The fourth-order valence-corrected chi connectivity index (χ4v) is 7.68. The van der Waals surface area contributed by atoms with Crippen LogP contribution in [0.3, 0.4) is 0 Å². The molecule has 0 heterocycles. The lowest BCUT2D eigenvalue weighted by molar-refractivity contribution is -0.219. The summed E-state index contributed by atoms with van der Waals surface area (Å²) < 4.78 is 22.2. The van der Waals surface area contributed by atoms with Gasteiger partial charge in [0, 0.05) is 16.7 Å². The van der Waals surface area contributed by atoms with Crippen molar-refractivity contribution in [2.45, 2.75) is 63.8 Å². The molecule has 36 heavy (non-hydrogen) atoms. The summed E-state index contributed by atoms with van der Waals surface area (Å²) in [5.41, 5.74) is -5.67. The predicted molar refractivity (Wildman–Crippen MR) is 127 cm³/mol. The van der Waals surface area contributed by atoms with Crippen molar-refractivity contribution in [1.29, 1.82) is 0 Å². The molecule has 9 heteroatoms. The molecule has 0 aromatic heterocycles. The van der Waals surface area contributed by atoms with Crippen LogP contribution in [0.4, 0.5) is 4.39 Å². The molecule has 1 amide bonds. The normalized spacial score (nSPS) is 42.9. The van der Waals surface area contributed by atoms with E-state index in [1.165, 1.54) is 12.2 Å². The number of halogens is 1. The average Bonchev–Trinajstić information content (AvgIpc) is 3.03. The fourth-order valence-electron chi connectivity index (χ4n) is 7.68. The van der Waals surface area contributed by atoms with Crippen LogP contribution in [0.25, 0.3) is 0 Å². The van der Waals surface area contributed by atoms with E-state index in [9.17, 15) is 29.4 Å². The van der Waals surface area contributed by atoms with Gasteiger partial charge in [-0.25, -0.2) is 4.39 Å². The van der Waals surface area contributed by atoms with Crippen LogP contribution in [0.2, 0.25) is 0 Å². The summed E-state index contributed by atoms with van der Waals surface area (Å²) in [5, 5.41) is 25.4. The zero-order valence-electron chi connectivity index (χ0n) is 20.9. The average molecular weight is 504 g/mol. The van der Waals surface area contributed by atoms with Gasteiger partial charge in [-0.2, -0.15) is 0 Å². The fraction of sp³-hybridized carbons (Fsp3) is 0.630. The first-order valence-electron chi connectivity index (χ1n) is 12.4. The van der Waals surface area contributed by atoms with Crippen LogP contribution in [0.1, 0.15) is 46.5 Å². The summed E-state index contributed by atoms with van der Waals surface area (Å²) in [6.45, 7) is 7.25. The zero-order chi connectivity index (χ0) is 26.7. The molecule has 0 bridgehead atoms. The van der Waals surface area contributed by atoms with Gasteiger partial charge in [-0.15, -0.1) is 0 Å². The summed E-state index contributed by atoms with van der Waals surface area (Å²) in [6.07, 6.45) is 4.93. The number of ketones is 2. The monoisotopic (exact) mass is 503 g/mol. The van der Waals surface area contributed by atoms with Gasteiger partial charge < -0.3 is 20.3 Å². The van der Waals surface area contributed by atoms with Crippen molar-refractivity contribution in [3.05, 3.63) is 36.5 Å². The number of alkyl halides is 1. The molecule has 8 nitrogen and oxygen atoms in total. The third kappa shape index (κ3) is 3.46. The first-order valence-corrected chi connectivity index (χ1v) is 12.4. The zero-order valence-corrected chi connectivity index (χ0v) is 20.9. The number of esters is 1. The number of hydrogen-bond acceptors (Lipinski definition) is 7. The molecule has 0 aromatic carbocycles. The summed E-state index contributed by atoms with van der Waals surface area (Å²) >= 11 is 0. The topological polar surface area (TPSA) is 130 Å². The largest absolute Gasteiger partial charge is 0.456 e. The number of aliphatic hydroxyl groups excluding tert-OH is 1. The summed E-state index contributed by atoms with van der Waals surface area (Å²) in [7, 11) is 0. The number of allylic oxidation sites excluding steroid dienone is 4.